The van der Waals surface area contributed by atoms with E-state index in [0.29, 0.717) is 11.5 Å². The second kappa shape index (κ2) is 3.07. The summed E-state index contributed by atoms with van der Waals surface area (Å²) in [5.41, 5.74) is 0.715. The Morgan fingerprint density at radius 2 is 2.08 bits per heavy atom. The average molecular weight is 170 g/mol. The largest absolute Gasteiger partial charge is 0.250 e. The summed E-state index contributed by atoms with van der Waals surface area (Å²) in [7, 11) is 0. The van der Waals surface area contributed by atoms with Crippen LogP contribution in [0.15, 0.2) is 30.9 Å². The molecule has 2 aromatic rings. The van der Waals surface area contributed by atoms with E-state index in [1.807, 2.05) is 0 Å². The molecule has 62 valence electrons. The van der Waals surface area contributed by atoms with Crippen molar-refractivity contribution in [1.29, 1.82) is 0 Å². The SMILES string of the molecule is C#Cc1cnn(-c2ncccn2)c1. The van der Waals surface area contributed by atoms with Gasteiger partial charge in [0.25, 0.3) is 0 Å². The molecule has 13 heavy (non-hydrogen) atoms. The molecule has 0 aliphatic carbocycles. The molecule has 0 saturated carbocycles. The molecule has 0 aliphatic heterocycles. The highest BCUT2D eigenvalue weighted by Crippen LogP contribution is 1.99. The lowest BCUT2D eigenvalue weighted by atomic mass is 10.4. The van der Waals surface area contributed by atoms with E-state index < -0.39 is 0 Å². The van der Waals surface area contributed by atoms with Crippen LogP contribution in [0.2, 0.25) is 0 Å². The van der Waals surface area contributed by atoms with Crippen LogP contribution in [-0.4, -0.2) is 19.7 Å². The van der Waals surface area contributed by atoms with Crippen LogP contribution in [0.25, 0.3) is 5.95 Å². The molecule has 4 nitrogen and oxygen atoms in total. The topological polar surface area (TPSA) is 43.6 Å². The number of hydrogen-bond acceptors (Lipinski definition) is 3. The van der Waals surface area contributed by atoms with E-state index in [1.165, 1.54) is 4.68 Å². The van der Waals surface area contributed by atoms with Gasteiger partial charge in [0.1, 0.15) is 0 Å². The van der Waals surface area contributed by atoms with Crippen LogP contribution in [-0.2, 0) is 0 Å². The van der Waals surface area contributed by atoms with Crippen molar-refractivity contribution in [2.45, 2.75) is 0 Å². The summed E-state index contributed by atoms with van der Waals surface area (Å²) in [6.45, 7) is 0. The Kier molecular flexibility index (Phi) is 1.77. The minimum atomic E-state index is 0.518. The summed E-state index contributed by atoms with van der Waals surface area (Å²) in [5.74, 6) is 3.00. The second-order valence-corrected chi connectivity index (χ2v) is 2.37. The zero-order valence-electron chi connectivity index (χ0n) is 6.75. The summed E-state index contributed by atoms with van der Waals surface area (Å²) < 4.78 is 1.54. The van der Waals surface area contributed by atoms with E-state index in [-0.39, 0.29) is 0 Å². The van der Waals surface area contributed by atoms with Gasteiger partial charge in [0.05, 0.1) is 11.8 Å². The van der Waals surface area contributed by atoms with Gasteiger partial charge in [-0.1, -0.05) is 5.92 Å². The van der Waals surface area contributed by atoms with Crippen LogP contribution in [0.1, 0.15) is 5.56 Å². The molecule has 0 radical (unpaired) electrons. The van der Waals surface area contributed by atoms with E-state index in [4.69, 9.17) is 6.42 Å². The molecule has 0 spiro atoms. The Labute approximate surface area is 75.3 Å². The maximum atomic E-state index is 5.20. The Balaban J connectivity index is 2.43. The first-order valence-electron chi connectivity index (χ1n) is 3.69. The van der Waals surface area contributed by atoms with Crippen LogP contribution < -0.4 is 0 Å². The fourth-order valence-corrected chi connectivity index (χ4v) is 0.916. The summed E-state index contributed by atoms with van der Waals surface area (Å²) in [6, 6.07) is 1.75. The van der Waals surface area contributed by atoms with Gasteiger partial charge in [0.15, 0.2) is 0 Å². The van der Waals surface area contributed by atoms with Gasteiger partial charge in [-0.05, 0) is 6.07 Å². The Hall–Kier alpha value is -2.15. The van der Waals surface area contributed by atoms with Crippen LogP contribution in [0.5, 0.6) is 0 Å². The van der Waals surface area contributed by atoms with E-state index in [9.17, 15) is 0 Å². The number of terminal acetylenes is 1. The normalized spacial score (nSPS) is 9.46. The molecular weight excluding hydrogens is 164 g/mol. The molecule has 0 bridgehead atoms. The van der Waals surface area contributed by atoms with Crippen molar-refractivity contribution in [3.05, 3.63) is 36.4 Å². The van der Waals surface area contributed by atoms with Crippen molar-refractivity contribution in [3.63, 3.8) is 0 Å². The first-order chi connectivity index (χ1) is 6.40. The van der Waals surface area contributed by atoms with E-state index >= 15 is 0 Å². The molecule has 4 heteroatoms. The van der Waals surface area contributed by atoms with Gasteiger partial charge >= 0.3 is 0 Å². The van der Waals surface area contributed by atoms with Crippen LogP contribution in [0.3, 0.4) is 0 Å². The molecule has 0 N–H and O–H groups in total. The van der Waals surface area contributed by atoms with Crippen molar-refractivity contribution < 1.29 is 0 Å². The van der Waals surface area contributed by atoms with Gasteiger partial charge < -0.3 is 0 Å². The number of hydrogen-bond donors (Lipinski definition) is 0. The summed E-state index contributed by atoms with van der Waals surface area (Å²) in [6.07, 6.45) is 11.8. The van der Waals surface area contributed by atoms with Crippen molar-refractivity contribution in [2.24, 2.45) is 0 Å². The van der Waals surface area contributed by atoms with Gasteiger partial charge in [0, 0.05) is 18.6 Å². The molecule has 2 rings (SSSR count). The minimum Gasteiger partial charge on any atom is -0.220 e. The molecule has 0 saturated heterocycles. The summed E-state index contributed by atoms with van der Waals surface area (Å²) in [5, 5.41) is 4.01. The van der Waals surface area contributed by atoms with Crippen LogP contribution >= 0.6 is 0 Å². The van der Waals surface area contributed by atoms with Crippen molar-refractivity contribution in [1.82, 2.24) is 19.7 Å². The Morgan fingerprint density at radius 1 is 1.31 bits per heavy atom. The van der Waals surface area contributed by atoms with Gasteiger partial charge in [-0.15, -0.1) is 6.42 Å². The number of rotatable bonds is 1. The van der Waals surface area contributed by atoms with Gasteiger partial charge in [-0.3, -0.25) is 0 Å². The third-order valence-corrected chi connectivity index (χ3v) is 1.51. The molecule has 0 atom stereocenters. The first-order valence-corrected chi connectivity index (χ1v) is 3.69. The van der Waals surface area contributed by atoms with Crippen LogP contribution in [0, 0.1) is 12.3 Å². The molecule has 0 aliphatic rings. The molecule has 0 unspecified atom stereocenters. The Bertz CT molecular complexity index is 438. The highest BCUT2D eigenvalue weighted by atomic mass is 15.3. The first kappa shape index (κ1) is 7.50. The fourth-order valence-electron chi connectivity index (χ4n) is 0.916. The zero-order chi connectivity index (χ0) is 9.10. The average Bonchev–Trinajstić information content (AvgIpc) is 2.67. The molecule has 2 aromatic heterocycles. The number of nitrogens with zero attached hydrogens (tertiary/aromatic N) is 4. The van der Waals surface area contributed by atoms with Gasteiger partial charge in [0.2, 0.25) is 5.95 Å². The van der Waals surface area contributed by atoms with Crippen molar-refractivity contribution in [2.75, 3.05) is 0 Å². The smallest absolute Gasteiger partial charge is 0.220 e. The fraction of sp³-hybridized carbons (Fsp3) is 0. The molecule has 2 heterocycles. The maximum Gasteiger partial charge on any atom is 0.250 e. The quantitative estimate of drug-likeness (QED) is 0.590. The maximum absolute atomic E-state index is 5.20. The Morgan fingerprint density at radius 3 is 2.69 bits per heavy atom. The van der Waals surface area contributed by atoms with Crippen LogP contribution in [0.4, 0.5) is 0 Å². The summed E-state index contributed by atoms with van der Waals surface area (Å²) >= 11 is 0. The van der Waals surface area contributed by atoms with Gasteiger partial charge in [-0.25, -0.2) is 14.6 Å². The molecule has 0 aromatic carbocycles. The summed E-state index contributed by atoms with van der Waals surface area (Å²) in [4.78, 5) is 8.03. The highest BCUT2D eigenvalue weighted by Gasteiger charge is 1.99. The molecular formula is C9H6N4. The predicted molar refractivity (Wildman–Crippen MR) is 47.1 cm³/mol. The lowest BCUT2D eigenvalue weighted by Gasteiger charge is -1.95. The van der Waals surface area contributed by atoms with Crippen molar-refractivity contribution >= 4 is 0 Å². The third-order valence-electron chi connectivity index (χ3n) is 1.51. The molecule has 0 fully saturated rings. The lowest BCUT2D eigenvalue weighted by molar-refractivity contribution is 0.808. The van der Waals surface area contributed by atoms with E-state index in [1.54, 1.807) is 30.9 Å². The lowest BCUT2D eigenvalue weighted by Crippen LogP contribution is -1.99. The van der Waals surface area contributed by atoms with Gasteiger partial charge in [-0.2, -0.15) is 5.10 Å². The predicted octanol–water partition coefficient (Wildman–Crippen LogP) is 0.644. The van der Waals surface area contributed by atoms with Crippen molar-refractivity contribution in [3.8, 4) is 18.3 Å². The second-order valence-electron chi connectivity index (χ2n) is 2.37. The van der Waals surface area contributed by atoms with E-state index in [2.05, 4.69) is 21.0 Å². The monoisotopic (exact) mass is 170 g/mol. The third kappa shape index (κ3) is 1.40. The number of aromatic nitrogens is 4. The standard InChI is InChI=1S/C9H6N4/c1-2-8-6-12-13(7-8)9-10-4-3-5-11-9/h1,3-7H. The van der Waals surface area contributed by atoms with E-state index in [0.717, 1.165) is 0 Å². The molecule has 0 amide bonds. The highest BCUT2D eigenvalue weighted by molar-refractivity contribution is 5.28. The minimum absolute atomic E-state index is 0.518. The zero-order valence-corrected chi connectivity index (χ0v) is 6.75.